The molecule has 0 saturated carbocycles. The summed E-state index contributed by atoms with van der Waals surface area (Å²) in [5, 5.41) is 13.3. The van der Waals surface area contributed by atoms with E-state index >= 15 is 0 Å². The van der Waals surface area contributed by atoms with Gasteiger partial charge < -0.3 is 19.5 Å². The first kappa shape index (κ1) is 22.0. The molecule has 0 unspecified atom stereocenters. The molecule has 0 spiro atoms. The predicted octanol–water partition coefficient (Wildman–Crippen LogP) is 0.936. The molecular weight excluding hydrogens is 360 g/mol. The number of nitrogens with zero attached hydrogens (tertiary/aromatic N) is 1. The van der Waals surface area contributed by atoms with E-state index < -0.39 is 34.7 Å². The van der Waals surface area contributed by atoms with Crippen LogP contribution in [0.25, 0.3) is 0 Å². The Morgan fingerprint density at radius 2 is 1.78 bits per heavy atom. The molecule has 0 aliphatic heterocycles. The van der Waals surface area contributed by atoms with Crippen LogP contribution in [0.3, 0.4) is 0 Å². The van der Waals surface area contributed by atoms with Crippen LogP contribution in [0.1, 0.15) is 24.8 Å². The van der Waals surface area contributed by atoms with E-state index in [2.05, 4.69) is 10.1 Å². The van der Waals surface area contributed by atoms with Crippen molar-refractivity contribution in [3.05, 3.63) is 39.9 Å². The molecular formula is C17H22N2O8. The van der Waals surface area contributed by atoms with E-state index in [0.717, 1.165) is 7.11 Å². The van der Waals surface area contributed by atoms with Crippen molar-refractivity contribution in [1.82, 2.24) is 5.32 Å². The smallest absolute Gasteiger partial charge is 0.329 e. The number of benzene rings is 1. The highest BCUT2D eigenvalue weighted by molar-refractivity contribution is 5.86. The van der Waals surface area contributed by atoms with Crippen molar-refractivity contribution in [3.63, 3.8) is 0 Å². The molecule has 0 radical (unpaired) electrons. The van der Waals surface area contributed by atoms with Crippen molar-refractivity contribution in [2.45, 2.75) is 25.3 Å². The lowest BCUT2D eigenvalue weighted by Crippen LogP contribution is -2.47. The lowest BCUT2D eigenvalue weighted by Gasteiger charge is -2.25. The number of non-ortho nitro benzene ring substituents is 1. The number of ether oxygens (including phenoxy) is 3. The van der Waals surface area contributed by atoms with Gasteiger partial charge in [0.1, 0.15) is 12.6 Å². The van der Waals surface area contributed by atoms with Gasteiger partial charge in [0.05, 0.1) is 25.6 Å². The maximum Gasteiger partial charge on any atom is 0.329 e. The number of rotatable bonds is 10. The highest BCUT2D eigenvalue weighted by Gasteiger charge is 2.34. The topological polar surface area (TPSA) is 134 Å². The van der Waals surface area contributed by atoms with E-state index in [1.54, 1.807) is 6.92 Å². The minimum absolute atomic E-state index is 0.148. The third-order valence-electron chi connectivity index (χ3n) is 3.76. The van der Waals surface area contributed by atoms with E-state index in [0.29, 0.717) is 12.2 Å². The molecule has 0 bridgehead atoms. The van der Waals surface area contributed by atoms with Gasteiger partial charge >= 0.3 is 11.9 Å². The van der Waals surface area contributed by atoms with Gasteiger partial charge in [0.2, 0.25) is 5.91 Å². The average Bonchev–Trinajstić information content (AvgIpc) is 2.68. The van der Waals surface area contributed by atoms with Crippen LogP contribution in [0.15, 0.2) is 24.3 Å². The summed E-state index contributed by atoms with van der Waals surface area (Å²) in [6.07, 6.45) is -0.247. The van der Waals surface area contributed by atoms with Gasteiger partial charge in [0.15, 0.2) is 0 Å². The Kier molecular flexibility index (Phi) is 8.86. The fourth-order valence-electron chi connectivity index (χ4n) is 2.39. The lowest BCUT2D eigenvalue weighted by atomic mass is 9.88. The Hall–Kier alpha value is -3.01. The SMILES string of the molecule is CCOCC(=O)N[C@@H](C(=O)OC)[C@H](CC(=O)OC)c1ccc([N+](=O)[O-])cc1. The number of methoxy groups -OCH3 is 2. The number of carbonyl (C=O) groups excluding carboxylic acids is 3. The number of hydrogen-bond donors (Lipinski definition) is 1. The molecule has 148 valence electrons. The Labute approximate surface area is 155 Å². The maximum atomic E-state index is 12.2. The van der Waals surface area contributed by atoms with Crippen LogP contribution in [0, 0.1) is 10.1 Å². The van der Waals surface area contributed by atoms with Crippen molar-refractivity contribution >= 4 is 23.5 Å². The van der Waals surface area contributed by atoms with Crippen molar-refractivity contribution < 1.29 is 33.5 Å². The van der Waals surface area contributed by atoms with Gasteiger partial charge in [-0.05, 0) is 12.5 Å². The minimum atomic E-state index is -1.21. The normalized spacial score (nSPS) is 12.6. The first-order chi connectivity index (χ1) is 12.8. The van der Waals surface area contributed by atoms with Crippen LogP contribution < -0.4 is 5.32 Å². The first-order valence-corrected chi connectivity index (χ1v) is 8.10. The van der Waals surface area contributed by atoms with Crippen molar-refractivity contribution in [3.8, 4) is 0 Å². The quantitative estimate of drug-likeness (QED) is 0.359. The number of carbonyl (C=O) groups is 3. The maximum absolute atomic E-state index is 12.2. The van der Waals surface area contributed by atoms with E-state index in [1.807, 2.05) is 0 Å². The summed E-state index contributed by atoms with van der Waals surface area (Å²) in [5.74, 6) is -2.81. The molecule has 1 amide bonds. The largest absolute Gasteiger partial charge is 0.469 e. The highest BCUT2D eigenvalue weighted by atomic mass is 16.6. The van der Waals surface area contributed by atoms with Gasteiger partial charge in [0, 0.05) is 24.7 Å². The second-order valence-corrected chi connectivity index (χ2v) is 5.44. The molecule has 0 aliphatic carbocycles. The molecule has 1 aromatic rings. The van der Waals surface area contributed by atoms with E-state index in [-0.39, 0.29) is 18.7 Å². The van der Waals surface area contributed by atoms with Crippen LogP contribution in [0.2, 0.25) is 0 Å². The fourth-order valence-corrected chi connectivity index (χ4v) is 2.39. The standard InChI is InChI=1S/C17H22N2O8/c1-4-27-10-14(20)18-16(17(22)26-3)13(9-15(21)25-2)11-5-7-12(8-6-11)19(23)24/h5-8,13,16H,4,9-10H2,1-3H3,(H,18,20)/t13-,16-/m1/s1. The molecule has 2 atom stereocenters. The Morgan fingerprint density at radius 3 is 2.26 bits per heavy atom. The Morgan fingerprint density at radius 1 is 1.15 bits per heavy atom. The van der Waals surface area contributed by atoms with Gasteiger partial charge in [-0.3, -0.25) is 19.7 Å². The predicted molar refractivity (Wildman–Crippen MR) is 92.9 cm³/mol. The van der Waals surface area contributed by atoms with Crippen LogP contribution in [-0.2, 0) is 28.6 Å². The van der Waals surface area contributed by atoms with Gasteiger partial charge in [-0.25, -0.2) is 4.79 Å². The molecule has 1 aromatic carbocycles. The summed E-state index contributed by atoms with van der Waals surface area (Å²) in [5.41, 5.74) is 0.281. The third kappa shape index (κ3) is 6.66. The van der Waals surface area contributed by atoms with Gasteiger partial charge in [-0.1, -0.05) is 12.1 Å². The summed E-state index contributed by atoms with van der Waals surface area (Å²) in [6, 6.07) is 4.11. The van der Waals surface area contributed by atoms with Gasteiger partial charge in [-0.15, -0.1) is 0 Å². The van der Waals surface area contributed by atoms with E-state index in [1.165, 1.54) is 31.4 Å². The molecule has 27 heavy (non-hydrogen) atoms. The van der Waals surface area contributed by atoms with Crippen LogP contribution in [0.4, 0.5) is 5.69 Å². The summed E-state index contributed by atoms with van der Waals surface area (Å²) in [6.45, 7) is 1.75. The minimum Gasteiger partial charge on any atom is -0.469 e. The fraction of sp³-hybridized carbons (Fsp3) is 0.471. The summed E-state index contributed by atoms with van der Waals surface area (Å²) in [7, 11) is 2.34. The van der Waals surface area contributed by atoms with Crippen molar-refractivity contribution in [2.75, 3.05) is 27.4 Å². The van der Waals surface area contributed by atoms with Crippen molar-refractivity contribution in [1.29, 1.82) is 0 Å². The second kappa shape index (κ2) is 10.9. The van der Waals surface area contributed by atoms with Gasteiger partial charge in [-0.2, -0.15) is 0 Å². The lowest BCUT2D eigenvalue weighted by molar-refractivity contribution is -0.384. The first-order valence-electron chi connectivity index (χ1n) is 8.10. The summed E-state index contributed by atoms with van der Waals surface area (Å²) in [4.78, 5) is 46.3. The van der Waals surface area contributed by atoms with E-state index in [9.17, 15) is 24.5 Å². The number of nitrogens with one attached hydrogen (secondary N) is 1. The molecule has 0 aliphatic rings. The number of nitro groups is 1. The zero-order valence-corrected chi connectivity index (χ0v) is 15.3. The van der Waals surface area contributed by atoms with Gasteiger partial charge in [0.25, 0.3) is 5.69 Å². The molecule has 0 heterocycles. The Balaban J connectivity index is 3.20. The molecule has 1 N–H and O–H groups in total. The van der Waals surface area contributed by atoms with Crippen molar-refractivity contribution in [2.24, 2.45) is 0 Å². The van der Waals surface area contributed by atoms with E-state index in [4.69, 9.17) is 9.47 Å². The monoisotopic (exact) mass is 382 g/mol. The molecule has 0 aromatic heterocycles. The average molecular weight is 382 g/mol. The van der Waals surface area contributed by atoms with Crippen LogP contribution in [0.5, 0.6) is 0 Å². The third-order valence-corrected chi connectivity index (χ3v) is 3.76. The molecule has 10 nitrogen and oxygen atoms in total. The number of hydrogen-bond acceptors (Lipinski definition) is 8. The second-order valence-electron chi connectivity index (χ2n) is 5.44. The molecule has 0 saturated heterocycles. The molecule has 1 rings (SSSR count). The van der Waals surface area contributed by atoms with Crippen LogP contribution in [-0.4, -0.2) is 56.2 Å². The molecule has 0 fully saturated rings. The highest BCUT2D eigenvalue weighted by Crippen LogP contribution is 2.27. The zero-order valence-electron chi connectivity index (χ0n) is 15.3. The number of esters is 2. The number of nitro benzene ring substituents is 1. The summed E-state index contributed by atoms with van der Waals surface area (Å²) < 4.78 is 14.4. The summed E-state index contributed by atoms with van der Waals surface area (Å²) >= 11 is 0. The van der Waals surface area contributed by atoms with Crippen LogP contribution >= 0.6 is 0 Å². The molecule has 10 heteroatoms. The zero-order chi connectivity index (χ0) is 20.4. The number of amides is 1. The Bertz CT molecular complexity index is 674.